The second kappa shape index (κ2) is 9.29. The third-order valence-electron chi connectivity index (χ3n) is 4.47. The van der Waals surface area contributed by atoms with Gasteiger partial charge < -0.3 is 4.90 Å². The maximum absolute atomic E-state index is 2.31. The minimum atomic E-state index is -1.65. The first kappa shape index (κ1) is 19.8. The topological polar surface area (TPSA) is 3.24 Å². The van der Waals surface area contributed by atoms with Gasteiger partial charge in [0.15, 0.2) is 0 Å². The summed E-state index contributed by atoms with van der Waals surface area (Å²) in [5.41, 5.74) is 0. The fraction of sp³-hybridized carbons (Fsp3) is 0.182. The van der Waals surface area contributed by atoms with Gasteiger partial charge in [-0.2, -0.15) is 0 Å². The van der Waals surface area contributed by atoms with E-state index in [2.05, 4.69) is 110 Å². The summed E-state index contributed by atoms with van der Waals surface area (Å²) in [5, 5.41) is 4.39. The number of rotatable bonds is 6. The molecule has 0 bridgehead atoms. The Kier molecular flexibility index (Phi) is 7.38. The Balaban J connectivity index is 0.00000225. The van der Waals surface area contributed by atoms with Gasteiger partial charge in [0, 0.05) is 6.54 Å². The lowest BCUT2D eigenvalue weighted by molar-refractivity contribution is 0.436. The standard InChI is InChI=1S/C22H25NP.BrH/c1-23(2)18-19-24(20-12-6-3-7-13-20,21-14-8-4-9-15-21)22-16-10-5-11-17-22;/h3-17H,18-19H2,1-2H3;1H/q+1;. The maximum Gasteiger partial charge on any atom is 0.113 e. The second-order valence-electron chi connectivity index (χ2n) is 6.34. The van der Waals surface area contributed by atoms with Crippen LogP contribution in [0.15, 0.2) is 91.0 Å². The quantitative estimate of drug-likeness (QED) is 0.548. The van der Waals surface area contributed by atoms with E-state index in [1.807, 2.05) is 0 Å². The van der Waals surface area contributed by atoms with Gasteiger partial charge in [-0.15, -0.1) is 17.0 Å². The Morgan fingerprint density at radius 3 is 1.20 bits per heavy atom. The van der Waals surface area contributed by atoms with E-state index in [9.17, 15) is 0 Å². The molecule has 0 saturated carbocycles. The first-order valence-electron chi connectivity index (χ1n) is 8.43. The molecule has 3 heteroatoms. The molecule has 1 nitrogen and oxygen atoms in total. The van der Waals surface area contributed by atoms with Gasteiger partial charge in [0.05, 0.1) is 6.16 Å². The smallest absolute Gasteiger partial charge is 0.113 e. The zero-order valence-electron chi connectivity index (χ0n) is 14.9. The van der Waals surface area contributed by atoms with Crippen molar-refractivity contribution >= 4 is 40.2 Å². The summed E-state index contributed by atoms with van der Waals surface area (Å²) >= 11 is 0. The lowest BCUT2D eigenvalue weighted by atomic mass is 10.4. The van der Waals surface area contributed by atoms with Gasteiger partial charge in [-0.25, -0.2) is 0 Å². The summed E-state index contributed by atoms with van der Waals surface area (Å²) in [7, 11) is 2.68. The third-order valence-corrected chi connectivity index (χ3v) is 8.88. The molecule has 0 atom stereocenters. The van der Waals surface area contributed by atoms with E-state index in [1.54, 1.807) is 0 Å². The van der Waals surface area contributed by atoms with Gasteiger partial charge in [0.1, 0.15) is 23.2 Å². The van der Waals surface area contributed by atoms with E-state index >= 15 is 0 Å². The summed E-state index contributed by atoms with van der Waals surface area (Å²) in [6.45, 7) is 1.08. The molecule has 25 heavy (non-hydrogen) atoms. The van der Waals surface area contributed by atoms with Gasteiger partial charge >= 0.3 is 0 Å². The van der Waals surface area contributed by atoms with Crippen molar-refractivity contribution in [2.75, 3.05) is 26.8 Å². The van der Waals surface area contributed by atoms with Crippen LogP contribution in [0.25, 0.3) is 0 Å². The molecule has 3 aromatic carbocycles. The molecule has 0 unspecified atom stereocenters. The van der Waals surface area contributed by atoms with E-state index in [0.29, 0.717) is 0 Å². The van der Waals surface area contributed by atoms with Crippen molar-refractivity contribution in [3.8, 4) is 0 Å². The number of benzene rings is 3. The van der Waals surface area contributed by atoms with Crippen LogP contribution in [0.5, 0.6) is 0 Å². The maximum atomic E-state index is 2.31. The molecular weight excluding hydrogens is 389 g/mol. The van der Waals surface area contributed by atoms with Crippen molar-refractivity contribution in [2.24, 2.45) is 0 Å². The van der Waals surface area contributed by atoms with E-state index in [1.165, 1.54) is 15.9 Å². The molecule has 3 aromatic rings. The largest absolute Gasteiger partial charge is 0.306 e. The van der Waals surface area contributed by atoms with Crippen LogP contribution in [0.1, 0.15) is 0 Å². The van der Waals surface area contributed by atoms with E-state index in [0.717, 1.165) is 12.7 Å². The van der Waals surface area contributed by atoms with Crippen LogP contribution in [0.4, 0.5) is 0 Å². The summed E-state index contributed by atoms with van der Waals surface area (Å²) in [5.74, 6) is 0. The molecule has 0 N–H and O–H groups in total. The van der Waals surface area contributed by atoms with Crippen LogP contribution in [0.2, 0.25) is 0 Å². The van der Waals surface area contributed by atoms with Crippen LogP contribution in [-0.2, 0) is 0 Å². The lowest BCUT2D eigenvalue weighted by Gasteiger charge is -2.28. The fourth-order valence-corrected chi connectivity index (χ4v) is 7.64. The van der Waals surface area contributed by atoms with Gasteiger partial charge in [-0.1, -0.05) is 54.6 Å². The van der Waals surface area contributed by atoms with Crippen LogP contribution in [-0.4, -0.2) is 31.7 Å². The molecule has 0 saturated heterocycles. The Labute approximate surface area is 162 Å². The van der Waals surface area contributed by atoms with Crippen molar-refractivity contribution in [1.29, 1.82) is 0 Å². The average molecular weight is 415 g/mol. The molecular formula is C22H26BrNP+. The molecule has 0 amide bonds. The van der Waals surface area contributed by atoms with Crippen LogP contribution in [0, 0.1) is 0 Å². The zero-order valence-corrected chi connectivity index (χ0v) is 17.5. The first-order chi connectivity index (χ1) is 11.7. The van der Waals surface area contributed by atoms with Crippen LogP contribution >= 0.6 is 24.2 Å². The molecule has 0 spiro atoms. The van der Waals surface area contributed by atoms with Gasteiger partial charge in [0.2, 0.25) is 0 Å². The lowest BCUT2D eigenvalue weighted by Crippen LogP contribution is -2.36. The summed E-state index contributed by atoms with van der Waals surface area (Å²) in [4.78, 5) is 2.30. The minimum absolute atomic E-state index is 0. The van der Waals surface area contributed by atoms with Crippen LogP contribution < -0.4 is 15.9 Å². The van der Waals surface area contributed by atoms with E-state index in [-0.39, 0.29) is 17.0 Å². The highest BCUT2D eigenvalue weighted by Gasteiger charge is 2.44. The highest BCUT2D eigenvalue weighted by Crippen LogP contribution is 2.54. The minimum Gasteiger partial charge on any atom is -0.306 e. The van der Waals surface area contributed by atoms with Gasteiger partial charge in [-0.05, 0) is 50.5 Å². The zero-order chi connectivity index (χ0) is 16.8. The van der Waals surface area contributed by atoms with E-state index < -0.39 is 7.26 Å². The molecule has 0 heterocycles. The molecule has 3 rings (SSSR count). The Morgan fingerprint density at radius 1 is 0.600 bits per heavy atom. The fourth-order valence-electron chi connectivity index (χ4n) is 3.23. The Hall–Kier alpha value is -1.47. The molecule has 0 aliphatic rings. The number of nitrogens with zero attached hydrogens (tertiary/aromatic N) is 1. The molecule has 0 radical (unpaired) electrons. The molecule has 130 valence electrons. The molecule has 0 fully saturated rings. The van der Waals surface area contributed by atoms with E-state index in [4.69, 9.17) is 0 Å². The van der Waals surface area contributed by atoms with Crippen molar-refractivity contribution in [1.82, 2.24) is 4.90 Å². The van der Waals surface area contributed by atoms with Gasteiger partial charge in [0.25, 0.3) is 0 Å². The molecule has 0 aliphatic carbocycles. The highest BCUT2D eigenvalue weighted by atomic mass is 79.9. The number of hydrogen-bond donors (Lipinski definition) is 0. The third kappa shape index (κ3) is 4.39. The van der Waals surface area contributed by atoms with Gasteiger partial charge in [-0.3, -0.25) is 0 Å². The first-order valence-corrected chi connectivity index (χ1v) is 10.4. The van der Waals surface area contributed by atoms with Crippen molar-refractivity contribution in [3.63, 3.8) is 0 Å². The summed E-state index contributed by atoms with van der Waals surface area (Å²) in [6, 6.07) is 33.2. The van der Waals surface area contributed by atoms with Crippen molar-refractivity contribution in [3.05, 3.63) is 91.0 Å². The summed E-state index contributed by atoms with van der Waals surface area (Å²) in [6.07, 6.45) is 1.15. The SMILES string of the molecule is Br.CN(C)CC[P+](c1ccccc1)(c1ccccc1)c1ccccc1. The molecule has 0 aromatic heterocycles. The average Bonchev–Trinajstić information content (AvgIpc) is 2.65. The van der Waals surface area contributed by atoms with Crippen molar-refractivity contribution in [2.45, 2.75) is 0 Å². The second-order valence-corrected chi connectivity index (χ2v) is 9.96. The normalized spacial score (nSPS) is 11.2. The monoisotopic (exact) mass is 414 g/mol. The van der Waals surface area contributed by atoms with Crippen LogP contribution in [0.3, 0.4) is 0 Å². The summed E-state index contributed by atoms with van der Waals surface area (Å²) < 4.78 is 0. The Bertz CT molecular complexity index is 648. The molecule has 0 aliphatic heterocycles. The Morgan fingerprint density at radius 2 is 0.920 bits per heavy atom. The highest BCUT2D eigenvalue weighted by molar-refractivity contribution is 8.93. The number of halogens is 1. The predicted molar refractivity (Wildman–Crippen MR) is 119 cm³/mol. The van der Waals surface area contributed by atoms with Crippen molar-refractivity contribution < 1.29 is 0 Å². The predicted octanol–water partition coefficient (Wildman–Crippen LogP) is 4.12. The number of hydrogen-bond acceptors (Lipinski definition) is 1.